The minimum Gasteiger partial charge on any atom is -0.311 e. The number of fused-ring (bicyclic) bond motifs is 2. The molecule has 2 heteroatoms. The van der Waals surface area contributed by atoms with E-state index >= 15 is 0 Å². The van der Waals surface area contributed by atoms with Crippen LogP contribution in [0.25, 0.3) is 0 Å². The number of nitrogens with zero attached hydrogens (tertiary/aromatic N) is 1. The van der Waals surface area contributed by atoms with E-state index in [0.29, 0.717) is 0 Å². The Morgan fingerprint density at radius 2 is 2.29 bits per heavy atom. The van der Waals surface area contributed by atoms with Crippen molar-refractivity contribution in [3.05, 3.63) is 29.6 Å². The highest BCUT2D eigenvalue weighted by Gasteiger charge is 2.39. The minimum atomic E-state index is 0.724. The van der Waals surface area contributed by atoms with E-state index in [2.05, 4.69) is 28.6 Å². The summed E-state index contributed by atoms with van der Waals surface area (Å²) in [5.74, 6) is 0.724. The van der Waals surface area contributed by atoms with E-state index in [0.717, 1.165) is 23.7 Å². The van der Waals surface area contributed by atoms with Crippen molar-refractivity contribution in [2.45, 2.75) is 44.2 Å². The first-order valence-electron chi connectivity index (χ1n) is 5.51. The summed E-state index contributed by atoms with van der Waals surface area (Å²) in [5.41, 5.74) is 2.54. The fraction of sp³-hybridized carbons (Fsp3) is 0.583. The van der Waals surface area contributed by atoms with E-state index in [4.69, 9.17) is 0 Å². The molecule has 3 heterocycles. The van der Waals surface area contributed by atoms with Gasteiger partial charge in [0.1, 0.15) is 0 Å². The molecule has 0 spiro atoms. The number of nitrogens with one attached hydrogen (secondary N) is 1. The van der Waals surface area contributed by atoms with E-state index in [1.165, 1.54) is 24.8 Å². The van der Waals surface area contributed by atoms with E-state index < -0.39 is 0 Å². The Kier molecular flexibility index (Phi) is 1.84. The number of hydrogen-bond donors (Lipinski definition) is 1. The van der Waals surface area contributed by atoms with Gasteiger partial charge in [-0.15, -0.1) is 0 Å². The first kappa shape index (κ1) is 8.42. The van der Waals surface area contributed by atoms with Crippen LogP contribution >= 0.6 is 0 Å². The van der Waals surface area contributed by atoms with Crippen LogP contribution in [0.1, 0.15) is 36.4 Å². The molecule has 2 nitrogen and oxygen atoms in total. The molecule has 0 amide bonds. The molecule has 14 heavy (non-hydrogen) atoms. The highest BCUT2D eigenvalue weighted by atomic mass is 15.0. The summed E-state index contributed by atoms with van der Waals surface area (Å²) in [4.78, 5) is 4.38. The van der Waals surface area contributed by atoms with Gasteiger partial charge in [-0.25, -0.2) is 0 Å². The van der Waals surface area contributed by atoms with E-state index in [1.54, 1.807) is 0 Å². The number of pyridine rings is 1. The van der Waals surface area contributed by atoms with Crippen molar-refractivity contribution in [1.29, 1.82) is 0 Å². The minimum absolute atomic E-state index is 0.724. The zero-order chi connectivity index (χ0) is 9.54. The van der Waals surface area contributed by atoms with Gasteiger partial charge in [-0.3, -0.25) is 4.98 Å². The van der Waals surface area contributed by atoms with E-state index in [9.17, 15) is 0 Å². The van der Waals surface area contributed by atoms with Crippen molar-refractivity contribution in [3.63, 3.8) is 0 Å². The molecule has 3 atom stereocenters. The van der Waals surface area contributed by atoms with Gasteiger partial charge < -0.3 is 5.32 Å². The van der Waals surface area contributed by atoms with Crippen LogP contribution in [0.4, 0.5) is 0 Å². The van der Waals surface area contributed by atoms with Crippen molar-refractivity contribution in [3.8, 4) is 0 Å². The molecule has 2 aliphatic heterocycles. The topological polar surface area (TPSA) is 24.9 Å². The first-order chi connectivity index (χ1) is 6.83. The van der Waals surface area contributed by atoms with Crippen LogP contribution in [0.5, 0.6) is 0 Å². The molecular formula is C12H16N2. The maximum atomic E-state index is 4.38. The monoisotopic (exact) mass is 188 g/mol. The molecule has 0 radical (unpaired) electrons. The van der Waals surface area contributed by atoms with Gasteiger partial charge in [0.2, 0.25) is 0 Å². The predicted molar refractivity (Wildman–Crippen MR) is 56.3 cm³/mol. The van der Waals surface area contributed by atoms with Gasteiger partial charge in [0.05, 0.1) is 0 Å². The molecule has 2 bridgehead atoms. The lowest BCUT2D eigenvalue weighted by atomic mass is 9.85. The highest BCUT2D eigenvalue weighted by molar-refractivity contribution is 5.23. The second kappa shape index (κ2) is 3.06. The van der Waals surface area contributed by atoms with Crippen LogP contribution in [0.2, 0.25) is 0 Å². The summed E-state index contributed by atoms with van der Waals surface area (Å²) < 4.78 is 0. The van der Waals surface area contributed by atoms with Crippen molar-refractivity contribution in [1.82, 2.24) is 10.3 Å². The third-order valence-electron chi connectivity index (χ3n) is 3.66. The average Bonchev–Trinajstić information content (AvgIpc) is 2.80. The Balaban J connectivity index is 1.86. The molecule has 2 saturated heterocycles. The Hall–Kier alpha value is -0.890. The predicted octanol–water partition coefficient (Wildman–Crippen LogP) is 2.00. The normalized spacial score (nSPS) is 35.1. The third kappa shape index (κ3) is 1.25. The smallest absolute Gasteiger partial charge is 0.0372 e. The second-order valence-electron chi connectivity index (χ2n) is 4.62. The van der Waals surface area contributed by atoms with Crippen molar-refractivity contribution in [2.24, 2.45) is 0 Å². The summed E-state index contributed by atoms with van der Waals surface area (Å²) in [6.45, 7) is 2.04. The van der Waals surface area contributed by atoms with Gasteiger partial charge in [-0.05, 0) is 37.8 Å². The lowest BCUT2D eigenvalue weighted by molar-refractivity contribution is 0.505. The van der Waals surface area contributed by atoms with Gasteiger partial charge in [0.25, 0.3) is 0 Å². The standard InChI is InChI=1S/C12H16N2/c1-8-2-3-9(7-13-8)11-6-10-4-5-12(11)14-10/h2-3,7,10-12,14H,4-6H2,1H3. The average molecular weight is 188 g/mol. The maximum absolute atomic E-state index is 4.38. The van der Waals surface area contributed by atoms with Crippen LogP contribution in [0.15, 0.2) is 18.3 Å². The summed E-state index contributed by atoms with van der Waals surface area (Å²) in [7, 11) is 0. The highest BCUT2D eigenvalue weighted by Crippen LogP contribution is 2.39. The third-order valence-corrected chi connectivity index (χ3v) is 3.66. The summed E-state index contributed by atoms with van der Waals surface area (Å²) in [6, 6.07) is 5.88. The van der Waals surface area contributed by atoms with Gasteiger partial charge >= 0.3 is 0 Å². The van der Waals surface area contributed by atoms with E-state index in [-0.39, 0.29) is 0 Å². The molecule has 1 aromatic rings. The number of aromatic nitrogens is 1. The summed E-state index contributed by atoms with van der Waals surface area (Å²) >= 11 is 0. The Morgan fingerprint density at radius 1 is 1.36 bits per heavy atom. The largest absolute Gasteiger partial charge is 0.311 e. The van der Waals surface area contributed by atoms with Crippen LogP contribution in [0.3, 0.4) is 0 Å². The van der Waals surface area contributed by atoms with Crippen molar-refractivity contribution < 1.29 is 0 Å². The molecular weight excluding hydrogens is 172 g/mol. The zero-order valence-electron chi connectivity index (χ0n) is 8.53. The fourth-order valence-electron chi connectivity index (χ4n) is 2.89. The maximum Gasteiger partial charge on any atom is 0.0372 e. The lowest BCUT2D eigenvalue weighted by Gasteiger charge is -2.19. The summed E-state index contributed by atoms with van der Waals surface area (Å²) in [5, 5.41) is 3.66. The molecule has 0 saturated carbocycles. The van der Waals surface area contributed by atoms with Gasteiger partial charge in [-0.1, -0.05) is 6.07 Å². The SMILES string of the molecule is Cc1ccc(C2CC3CCC2N3)cn1. The van der Waals surface area contributed by atoms with Gasteiger partial charge in [0, 0.05) is 29.9 Å². The van der Waals surface area contributed by atoms with Crippen LogP contribution < -0.4 is 5.32 Å². The Bertz CT molecular complexity index is 331. The second-order valence-corrected chi connectivity index (χ2v) is 4.62. The van der Waals surface area contributed by atoms with Gasteiger partial charge in [-0.2, -0.15) is 0 Å². The molecule has 0 aromatic carbocycles. The Morgan fingerprint density at radius 3 is 2.86 bits per heavy atom. The lowest BCUT2D eigenvalue weighted by Crippen LogP contribution is -2.21. The van der Waals surface area contributed by atoms with Gasteiger partial charge in [0.15, 0.2) is 0 Å². The van der Waals surface area contributed by atoms with E-state index in [1.807, 2.05) is 6.92 Å². The molecule has 3 rings (SSSR count). The summed E-state index contributed by atoms with van der Waals surface area (Å²) in [6.07, 6.45) is 6.10. The number of rotatable bonds is 1. The van der Waals surface area contributed by atoms with Crippen molar-refractivity contribution in [2.75, 3.05) is 0 Å². The fourth-order valence-corrected chi connectivity index (χ4v) is 2.89. The van der Waals surface area contributed by atoms with Crippen LogP contribution in [-0.4, -0.2) is 17.1 Å². The molecule has 2 fully saturated rings. The molecule has 0 aliphatic carbocycles. The molecule has 1 N–H and O–H groups in total. The number of aryl methyl sites for hydroxylation is 1. The first-order valence-corrected chi connectivity index (χ1v) is 5.51. The number of hydrogen-bond acceptors (Lipinski definition) is 2. The van der Waals surface area contributed by atoms with Crippen LogP contribution in [-0.2, 0) is 0 Å². The Labute approximate surface area is 84.7 Å². The zero-order valence-corrected chi connectivity index (χ0v) is 8.53. The molecule has 3 unspecified atom stereocenters. The molecule has 1 aromatic heterocycles. The van der Waals surface area contributed by atoms with Crippen molar-refractivity contribution >= 4 is 0 Å². The van der Waals surface area contributed by atoms with Crippen LogP contribution in [0, 0.1) is 6.92 Å². The molecule has 74 valence electrons. The molecule has 2 aliphatic rings. The quantitative estimate of drug-likeness (QED) is 0.729.